The molecule has 0 radical (unpaired) electrons. The molecule has 1 heterocycles. The Labute approximate surface area is 95.8 Å². The van der Waals surface area contributed by atoms with E-state index in [4.69, 9.17) is 0 Å². The molecule has 1 amide bonds. The Morgan fingerprint density at radius 3 is 2.94 bits per heavy atom. The van der Waals surface area contributed by atoms with Crippen molar-refractivity contribution in [2.24, 2.45) is 0 Å². The van der Waals surface area contributed by atoms with E-state index in [0.29, 0.717) is 6.04 Å². The maximum Gasteiger partial charge on any atom is 0.246 e. The van der Waals surface area contributed by atoms with Gasteiger partial charge in [-0.15, -0.1) is 0 Å². The van der Waals surface area contributed by atoms with E-state index >= 15 is 0 Å². The molecule has 3 heteroatoms. The standard InChI is InChI=1S/C13H16N2O/c1-3-13(16)15(12-6-7-12)10(2)11-5-4-8-14-9-11/h3-5,8-10,12H,1,6-7H2,2H3/t10-/m1/s1. The molecule has 1 aliphatic carbocycles. The predicted molar refractivity (Wildman–Crippen MR) is 62.7 cm³/mol. The Morgan fingerprint density at radius 1 is 1.69 bits per heavy atom. The Morgan fingerprint density at radius 2 is 2.44 bits per heavy atom. The van der Waals surface area contributed by atoms with Crippen molar-refractivity contribution in [3.63, 3.8) is 0 Å². The summed E-state index contributed by atoms with van der Waals surface area (Å²) in [5.41, 5.74) is 1.07. The molecule has 1 atom stereocenters. The minimum atomic E-state index is 0.0128. The van der Waals surface area contributed by atoms with Crippen LogP contribution in [-0.2, 0) is 4.79 Å². The van der Waals surface area contributed by atoms with Crippen molar-refractivity contribution in [1.29, 1.82) is 0 Å². The lowest BCUT2D eigenvalue weighted by atomic mass is 10.1. The van der Waals surface area contributed by atoms with Gasteiger partial charge in [0, 0.05) is 18.4 Å². The van der Waals surface area contributed by atoms with Crippen molar-refractivity contribution in [2.75, 3.05) is 0 Å². The van der Waals surface area contributed by atoms with E-state index in [1.807, 2.05) is 30.2 Å². The summed E-state index contributed by atoms with van der Waals surface area (Å²) >= 11 is 0. The van der Waals surface area contributed by atoms with Crippen molar-refractivity contribution < 1.29 is 4.79 Å². The van der Waals surface area contributed by atoms with Gasteiger partial charge >= 0.3 is 0 Å². The van der Waals surface area contributed by atoms with Crippen molar-refractivity contribution in [3.8, 4) is 0 Å². The monoisotopic (exact) mass is 216 g/mol. The highest BCUT2D eigenvalue weighted by Gasteiger charge is 2.35. The number of amides is 1. The maximum atomic E-state index is 11.8. The van der Waals surface area contributed by atoms with Gasteiger partial charge in [0.15, 0.2) is 0 Å². The van der Waals surface area contributed by atoms with Crippen molar-refractivity contribution >= 4 is 5.91 Å². The number of rotatable bonds is 4. The molecule has 0 N–H and O–H groups in total. The van der Waals surface area contributed by atoms with Crippen LogP contribution in [-0.4, -0.2) is 21.8 Å². The van der Waals surface area contributed by atoms with Gasteiger partial charge in [-0.1, -0.05) is 12.6 Å². The summed E-state index contributed by atoms with van der Waals surface area (Å²) in [6.07, 6.45) is 7.16. The third-order valence-corrected chi connectivity index (χ3v) is 2.95. The van der Waals surface area contributed by atoms with Gasteiger partial charge in [0.05, 0.1) is 6.04 Å². The minimum Gasteiger partial charge on any atom is -0.329 e. The number of aromatic nitrogens is 1. The number of hydrogen-bond acceptors (Lipinski definition) is 2. The zero-order chi connectivity index (χ0) is 11.5. The first-order chi connectivity index (χ1) is 7.74. The summed E-state index contributed by atoms with van der Waals surface area (Å²) in [6, 6.07) is 4.37. The number of carbonyl (C=O) groups excluding carboxylic acids is 1. The smallest absolute Gasteiger partial charge is 0.246 e. The zero-order valence-corrected chi connectivity index (χ0v) is 9.47. The second-order valence-corrected chi connectivity index (χ2v) is 4.14. The molecule has 2 rings (SSSR count). The van der Waals surface area contributed by atoms with Gasteiger partial charge in [-0.2, -0.15) is 0 Å². The van der Waals surface area contributed by atoms with Gasteiger partial charge in [-0.3, -0.25) is 9.78 Å². The molecule has 1 aromatic rings. The quantitative estimate of drug-likeness (QED) is 0.724. The van der Waals surface area contributed by atoms with Crippen LogP contribution in [0.5, 0.6) is 0 Å². The molecule has 1 fully saturated rings. The van der Waals surface area contributed by atoms with Crippen LogP contribution in [0.2, 0.25) is 0 Å². The number of nitrogens with zero attached hydrogens (tertiary/aromatic N) is 2. The van der Waals surface area contributed by atoms with Crippen LogP contribution in [0.25, 0.3) is 0 Å². The van der Waals surface area contributed by atoms with Crippen LogP contribution in [0.4, 0.5) is 0 Å². The molecule has 0 aromatic carbocycles. The van der Waals surface area contributed by atoms with E-state index in [1.54, 1.807) is 6.20 Å². The van der Waals surface area contributed by atoms with Crippen molar-refractivity contribution in [3.05, 3.63) is 42.7 Å². The highest BCUT2D eigenvalue weighted by atomic mass is 16.2. The first-order valence-corrected chi connectivity index (χ1v) is 5.58. The van der Waals surface area contributed by atoms with Gasteiger partial charge in [0.2, 0.25) is 5.91 Å². The van der Waals surface area contributed by atoms with E-state index in [9.17, 15) is 4.79 Å². The second-order valence-electron chi connectivity index (χ2n) is 4.14. The third-order valence-electron chi connectivity index (χ3n) is 2.95. The summed E-state index contributed by atoms with van der Waals surface area (Å²) in [7, 11) is 0. The third kappa shape index (κ3) is 2.13. The van der Waals surface area contributed by atoms with Gasteiger partial charge < -0.3 is 4.90 Å². The number of hydrogen-bond donors (Lipinski definition) is 0. The molecule has 0 spiro atoms. The second kappa shape index (κ2) is 4.47. The zero-order valence-electron chi connectivity index (χ0n) is 9.47. The average molecular weight is 216 g/mol. The molecular formula is C13H16N2O. The Kier molecular flexibility index (Phi) is 3.04. The van der Waals surface area contributed by atoms with Crippen LogP contribution < -0.4 is 0 Å². The highest BCUT2D eigenvalue weighted by Crippen LogP contribution is 2.34. The van der Waals surface area contributed by atoms with Crippen LogP contribution in [0, 0.1) is 0 Å². The molecule has 1 aromatic heterocycles. The molecule has 1 aliphatic rings. The lowest BCUT2D eigenvalue weighted by molar-refractivity contribution is -0.128. The molecule has 16 heavy (non-hydrogen) atoms. The summed E-state index contributed by atoms with van der Waals surface area (Å²) in [5, 5.41) is 0. The molecule has 0 unspecified atom stereocenters. The number of carbonyl (C=O) groups is 1. The minimum absolute atomic E-state index is 0.0128. The van der Waals surface area contributed by atoms with Crippen molar-refractivity contribution in [2.45, 2.75) is 31.8 Å². The molecular weight excluding hydrogens is 200 g/mol. The summed E-state index contributed by atoms with van der Waals surface area (Å²) in [6.45, 7) is 5.60. The largest absolute Gasteiger partial charge is 0.329 e. The maximum absolute atomic E-state index is 11.8. The molecule has 0 aliphatic heterocycles. The summed E-state index contributed by atoms with van der Waals surface area (Å²) in [5.74, 6) is 0.0128. The van der Waals surface area contributed by atoms with E-state index in [-0.39, 0.29) is 11.9 Å². The molecule has 84 valence electrons. The first kappa shape index (κ1) is 10.9. The Balaban J connectivity index is 2.20. The Hall–Kier alpha value is -1.64. The fourth-order valence-corrected chi connectivity index (χ4v) is 1.93. The summed E-state index contributed by atoms with van der Waals surface area (Å²) < 4.78 is 0. The van der Waals surface area contributed by atoms with Crippen LogP contribution in [0.1, 0.15) is 31.4 Å². The molecule has 0 saturated heterocycles. The molecule has 0 bridgehead atoms. The molecule has 1 saturated carbocycles. The number of pyridine rings is 1. The van der Waals surface area contributed by atoms with E-state index < -0.39 is 0 Å². The van der Waals surface area contributed by atoms with Crippen LogP contribution in [0.15, 0.2) is 37.2 Å². The van der Waals surface area contributed by atoms with Crippen LogP contribution in [0.3, 0.4) is 0 Å². The average Bonchev–Trinajstić information content (AvgIpc) is 3.14. The van der Waals surface area contributed by atoms with Gasteiger partial charge in [0.25, 0.3) is 0 Å². The van der Waals surface area contributed by atoms with E-state index in [1.165, 1.54) is 6.08 Å². The van der Waals surface area contributed by atoms with E-state index in [2.05, 4.69) is 11.6 Å². The van der Waals surface area contributed by atoms with Gasteiger partial charge in [-0.05, 0) is 37.5 Å². The van der Waals surface area contributed by atoms with Crippen LogP contribution >= 0.6 is 0 Å². The normalized spacial score (nSPS) is 16.6. The summed E-state index contributed by atoms with van der Waals surface area (Å²) in [4.78, 5) is 17.8. The highest BCUT2D eigenvalue weighted by molar-refractivity contribution is 5.87. The fraction of sp³-hybridized carbons (Fsp3) is 0.385. The fourth-order valence-electron chi connectivity index (χ4n) is 1.93. The topological polar surface area (TPSA) is 33.2 Å². The lowest BCUT2D eigenvalue weighted by Gasteiger charge is -2.28. The molecule has 3 nitrogen and oxygen atoms in total. The first-order valence-electron chi connectivity index (χ1n) is 5.58. The lowest BCUT2D eigenvalue weighted by Crippen LogP contribution is -2.34. The predicted octanol–water partition coefficient (Wildman–Crippen LogP) is 2.32. The SMILES string of the molecule is C=CC(=O)N(C1CC1)[C@H](C)c1cccnc1. The Bertz CT molecular complexity index is 384. The van der Waals surface area contributed by atoms with E-state index in [0.717, 1.165) is 18.4 Å². The van der Waals surface area contributed by atoms with Crippen molar-refractivity contribution in [1.82, 2.24) is 9.88 Å². The van der Waals surface area contributed by atoms with Gasteiger partial charge in [-0.25, -0.2) is 0 Å². The van der Waals surface area contributed by atoms with Gasteiger partial charge in [0.1, 0.15) is 0 Å².